The Balaban J connectivity index is 1.75. The van der Waals surface area contributed by atoms with E-state index < -0.39 is 12.0 Å². The van der Waals surface area contributed by atoms with Gasteiger partial charge in [0.2, 0.25) is 0 Å². The second-order valence-electron chi connectivity index (χ2n) is 5.19. The first-order valence-corrected chi connectivity index (χ1v) is 8.98. The Bertz CT molecular complexity index is 786. The van der Waals surface area contributed by atoms with Gasteiger partial charge in [-0.1, -0.05) is 39.7 Å². The number of hydrogen-bond acceptors (Lipinski definition) is 4. The van der Waals surface area contributed by atoms with Crippen molar-refractivity contribution in [2.45, 2.75) is 6.42 Å². The number of amides is 2. The molecule has 0 aromatic heterocycles. The van der Waals surface area contributed by atoms with Crippen molar-refractivity contribution in [3.05, 3.63) is 57.5 Å². The minimum absolute atomic E-state index is 0.290. The summed E-state index contributed by atoms with van der Waals surface area (Å²) in [5.41, 5.74) is 0.674. The van der Waals surface area contributed by atoms with Crippen LogP contribution in [0.2, 0.25) is 5.02 Å². The number of anilines is 1. The van der Waals surface area contributed by atoms with Gasteiger partial charge in [-0.3, -0.25) is 0 Å². The van der Waals surface area contributed by atoms with E-state index in [-0.39, 0.29) is 0 Å². The van der Waals surface area contributed by atoms with Crippen LogP contribution in [0.4, 0.5) is 10.5 Å². The van der Waals surface area contributed by atoms with Crippen LogP contribution in [-0.2, 0) is 4.74 Å². The van der Waals surface area contributed by atoms with Crippen LogP contribution in [0.1, 0.15) is 16.8 Å². The fourth-order valence-corrected chi connectivity index (χ4v) is 2.82. The van der Waals surface area contributed by atoms with E-state index >= 15 is 0 Å². The molecule has 6 nitrogen and oxygen atoms in total. The van der Waals surface area contributed by atoms with Crippen molar-refractivity contribution in [2.24, 2.45) is 0 Å². The highest BCUT2D eigenvalue weighted by atomic mass is 79.9. The van der Waals surface area contributed by atoms with Crippen molar-refractivity contribution in [2.75, 3.05) is 25.6 Å². The number of halogens is 2. The number of methoxy groups -OCH3 is 1. The zero-order valence-electron chi connectivity index (χ0n) is 14.1. The molecule has 0 heterocycles. The third-order valence-corrected chi connectivity index (χ3v) is 4.13. The van der Waals surface area contributed by atoms with Crippen molar-refractivity contribution in [1.82, 2.24) is 5.32 Å². The molecule has 2 aromatic carbocycles. The Morgan fingerprint density at radius 3 is 2.69 bits per heavy atom. The standard InChI is InChI=1S/C18H18BrClN2O4/c1-25-17(23)13-5-2-3-6-15(13)22-18(24)21-9-4-10-26-16-8-7-12(19)11-14(16)20/h2-3,5-8,11H,4,9-10H2,1H3,(H2,21,22,24). The number of hydrogen-bond donors (Lipinski definition) is 2. The zero-order chi connectivity index (χ0) is 18.9. The molecule has 0 unspecified atom stereocenters. The van der Waals surface area contributed by atoms with Gasteiger partial charge in [-0.2, -0.15) is 0 Å². The van der Waals surface area contributed by atoms with E-state index in [2.05, 4.69) is 31.3 Å². The third-order valence-electron chi connectivity index (χ3n) is 3.34. The Morgan fingerprint density at radius 2 is 1.96 bits per heavy atom. The van der Waals surface area contributed by atoms with Crippen LogP contribution >= 0.6 is 27.5 Å². The molecule has 0 aliphatic heterocycles. The Kier molecular flexibility index (Phi) is 7.74. The van der Waals surface area contributed by atoms with E-state index in [0.717, 1.165) is 4.47 Å². The molecule has 0 atom stereocenters. The lowest BCUT2D eigenvalue weighted by Crippen LogP contribution is -2.30. The van der Waals surface area contributed by atoms with Gasteiger partial charge in [0.25, 0.3) is 0 Å². The third kappa shape index (κ3) is 5.93. The van der Waals surface area contributed by atoms with Crippen LogP contribution in [0.25, 0.3) is 0 Å². The first kappa shape index (κ1) is 20.1. The van der Waals surface area contributed by atoms with Gasteiger partial charge in [0, 0.05) is 11.0 Å². The summed E-state index contributed by atoms with van der Waals surface area (Å²) >= 11 is 9.39. The number of benzene rings is 2. The predicted molar refractivity (Wildman–Crippen MR) is 104 cm³/mol. The van der Waals surface area contributed by atoms with Crippen molar-refractivity contribution in [3.63, 3.8) is 0 Å². The molecule has 26 heavy (non-hydrogen) atoms. The van der Waals surface area contributed by atoms with Gasteiger partial charge in [0.1, 0.15) is 5.75 Å². The van der Waals surface area contributed by atoms with Crippen LogP contribution in [-0.4, -0.2) is 32.3 Å². The molecule has 2 rings (SSSR count). The lowest BCUT2D eigenvalue weighted by Gasteiger charge is -2.11. The smallest absolute Gasteiger partial charge is 0.339 e. The van der Waals surface area contributed by atoms with Gasteiger partial charge in [-0.05, 0) is 36.8 Å². The lowest BCUT2D eigenvalue weighted by molar-refractivity contribution is 0.0602. The van der Waals surface area contributed by atoms with Crippen LogP contribution in [0.5, 0.6) is 5.75 Å². The summed E-state index contributed by atoms with van der Waals surface area (Å²) in [6, 6.07) is 11.6. The number of nitrogens with one attached hydrogen (secondary N) is 2. The summed E-state index contributed by atoms with van der Waals surface area (Å²) in [5, 5.41) is 5.85. The van der Waals surface area contributed by atoms with E-state index in [1.807, 2.05) is 6.07 Å². The SMILES string of the molecule is COC(=O)c1ccccc1NC(=O)NCCCOc1ccc(Br)cc1Cl. The van der Waals surface area contributed by atoms with Gasteiger partial charge in [0.15, 0.2) is 0 Å². The highest BCUT2D eigenvalue weighted by Gasteiger charge is 2.12. The van der Waals surface area contributed by atoms with Crippen LogP contribution in [0.3, 0.4) is 0 Å². The molecular formula is C18H18BrClN2O4. The molecule has 0 aliphatic rings. The van der Waals surface area contributed by atoms with Gasteiger partial charge < -0.3 is 20.1 Å². The molecule has 0 saturated heterocycles. The number of carbonyl (C=O) groups excluding carboxylic acids is 2. The first-order valence-electron chi connectivity index (χ1n) is 7.81. The number of para-hydroxylation sites is 1. The van der Waals surface area contributed by atoms with Crippen LogP contribution in [0, 0.1) is 0 Å². The summed E-state index contributed by atoms with van der Waals surface area (Å²) in [7, 11) is 1.29. The average molecular weight is 442 g/mol. The van der Waals surface area contributed by atoms with Gasteiger partial charge in [-0.25, -0.2) is 9.59 Å². The molecule has 2 N–H and O–H groups in total. The molecule has 2 amide bonds. The van der Waals surface area contributed by atoms with Crippen molar-refractivity contribution in [1.29, 1.82) is 0 Å². The molecule has 0 radical (unpaired) electrons. The maximum atomic E-state index is 12.0. The number of carbonyl (C=O) groups is 2. The molecule has 0 saturated carbocycles. The van der Waals surface area contributed by atoms with Crippen molar-refractivity contribution in [3.8, 4) is 5.75 Å². The van der Waals surface area contributed by atoms with E-state index in [4.69, 9.17) is 16.3 Å². The van der Waals surface area contributed by atoms with E-state index in [9.17, 15) is 9.59 Å². The molecule has 0 bridgehead atoms. The van der Waals surface area contributed by atoms with Gasteiger partial charge in [-0.15, -0.1) is 0 Å². The first-order chi connectivity index (χ1) is 12.5. The minimum Gasteiger partial charge on any atom is -0.492 e. The molecule has 138 valence electrons. The summed E-state index contributed by atoms with van der Waals surface area (Å²) < 4.78 is 11.1. The van der Waals surface area contributed by atoms with Crippen LogP contribution in [0.15, 0.2) is 46.9 Å². The second-order valence-corrected chi connectivity index (χ2v) is 6.52. The zero-order valence-corrected chi connectivity index (χ0v) is 16.4. The maximum Gasteiger partial charge on any atom is 0.339 e. The van der Waals surface area contributed by atoms with Gasteiger partial charge >= 0.3 is 12.0 Å². The minimum atomic E-state index is -0.513. The van der Waals surface area contributed by atoms with E-state index in [0.29, 0.717) is 41.6 Å². The molecule has 8 heteroatoms. The Morgan fingerprint density at radius 1 is 1.19 bits per heavy atom. The Labute approximate surface area is 164 Å². The van der Waals surface area contributed by atoms with E-state index in [1.165, 1.54) is 7.11 Å². The fraction of sp³-hybridized carbons (Fsp3) is 0.222. The highest BCUT2D eigenvalue weighted by Crippen LogP contribution is 2.27. The summed E-state index contributed by atoms with van der Waals surface area (Å²) in [4.78, 5) is 23.6. The van der Waals surface area contributed by atoms with Gasteiger partial charge in [0.05, 0.1) is 30.0 Å². The number of rotatable bonds is 7. The highest BCUT2D eigenvalue weighted by molar-refractivity contribution is 9.10. The summed E-state index contributed by atoms with van der Waals surface area (Å²) in [5.74, 6) is 0.0759. The quantitative estimate of drug-likeness (QED) is 0.491. The largest absolute Gasteiger partial charge is 0.492 e. The molecule has 0 aliphatic carbocycles. The average Bonchev–Trinajstić information content (AvgIpc) is 2.63. The lowest BCUT2D eigenvalue weighted by atomic mass is 10.2. The summed E-state index contributed by atoms with van der Waals surface area (Å²) in [6.45, 7) is 0.806. The maximum absolute atomic E-state index is 12.0. The molecule has 0 spiro atoms. The number of esters is 1. The molecule has 2 aromatic rings. The topological polar surface area (TPSA) is 76.7 Å². The molecule has 0 fully saturated rings. The van der Waals surface area contributed by atoms with Crippen molar-refractivity contribution < 1.29 is 19.1 Å². The fourth-order valence-electron chi connectivity index (χ4n) is 2.10. The summed E-state index contributed by atoms with van der Waals surface area (Å²) in [6.07, 6.45) is 0.596. The monoisotopic (exact) mass is 440 g/mol. The van der Waals surface area contributed by atoms with Crippen molar-refractivity contribution >= 4 is 45.2 Å². The van der Waals surface area contributed by atoms with Crippen LogP contribution < -0.4 is 15.4 Å². The van der Waals surface area contributed by atoms with E-state index in [1.54, 1.807) is 36.4 Å². The second kappa shape index (κ2) is 10.0. The number of urea groups is 1. The Hall–Kier alpha value is -2.25. The number of ether oxygens (including phenoxy) is 2. The normalized spacial score (nSPS) is 10.1. The predicted octanol–water partition coefficient (Wildman–Crippen LogP) is 4.48. The molecular weight excluding hydrogens is 424 g/mol.